The summed E-state index contributed by atoms with van der Waals surface area (Å²) in [6.45, 7) is 15.2. The molecule has 1 amide bonds. The van der Waals surface area contributed by atoms with Crippen molar-refractivity contribution in [1.29, 1.82) is 0 Å². The standard InChI is InChI=1S/C22H37NO4Si/c1-8-13-23(20(25)26-5)19-15-18(27-28(6,7)21(2,3)4)14-17-11-9-10-12-22(17,19)16-24/h8,15-17,19H,1,9-14H2,2-7H3/t17-,19-,22+/m0/s1. The lowest BCUT2D eigenvalue weighted by Crippen LogP contribution is -2.57. The molecule has 0 unspecified atom stereocenters. The molecule has 2 aliphatic carbocycles. The zero-order valence-electron chi connectivity index (χ0n) is 18.4. The Morgan fingerprint density at radius 3 is 2.61 bits per heavy atom. The summed E-state index contributed by atoms with van der Waals surface area (Å²) in [7, 11) is -0.634. The van der Waals surface area contributed by atoms with Gasteiger partial charge in [0, 0.05) is 13.0 Å². The number of hydrogen-bond acceptors (Lipinski definition) is 4. The number of rotatable bonds is 6. The van der Waals surface area contributed by atoms with E-state index in [9.17, 15) is 9.59 Å². The summed E-state index contributed by atoms with van der Waals surface area (Å²) in [4.78, 5) is 26.6. The van der Waals surface area contributed by atoms with Crippen LogP contribution in [0.2, 0.25) is 18.1 Å². The van der Waals surface area contributed by atoms with Crippen molar-refractivity contribution < 1.29 is 18.8 Å². The van der Waals surface area contributed by atoms with Crippen LogP contribution in [0.5, 0.6) is 0 Å². The van der Waals surface area contributed by atoms with Gasteiger partial charge in [-0.1, -0.05) is 39.7 Å². The number of nitrogens with zero attached hydrogens (tertiary/aromatic N) is 1. The Morgan fingerprint density at radius 1 is 1.39 bits per heavy atom. The summed E-state index contributed by atoms with van der Waals surface area (Å²) >= 11 is 0. The number of carbonyl (C=O) groups excluding carboxylic acids is 2. The van der Waals surface area contributed by atoms with Crippen molar-refractivity contribution >= 4 is 20.7 Å². The third-order valence-corrected chi connectivity index (χ3v) is 11.4. The molecular formula is C22H37NO4Si. The first-order valence-corrected chi connectivity index (χ1v) is 13.2. The fourth-order valence-corrected chi connectivity index (χ4v) is 5.45. The molecule has 0 aromatic rings. The number of ether oxygens (including phenoxy) is 1. The van der Waals surface area contributed by atoms with Crippen LogP contribution in [0.4, 0.5) is 4.79 Å². The Kier molecular flexibility index (Phi) is 6.85. The van der Waals surface area contributed by atoms with Gasteiger partial charge in [0.05, 0.1) is 24.3 Å². The molecule has 2 aliphatic rings. The molecule has 0 aliphatic heterocycles. The molecule has 3 atom stereocenters. The third kappa shape index (κ3) is 4.21. The quantitative estimate of drug-likeness (QED) is 0.341. The topological polar surface area (TPSA) is 55.8 Å². The van der Waals surface area contributed by atoms with Crippen LogP contribution in [0, 0.1) is 11.3 Å². The van der Waals surface area contributed by atoms with Crippen LogP contribution >= 0.6 is 0 Å². The Morgan fingerprint density at radius 2 is 2.07 bits per heavy atom. The molecule has 0 aromatic carbocycles. The molecule has 0 aromatic heterocycles. The minimum absolute atomic E-state index is 0.0816. The van der Waals surface area contributed by atoms with Gasteiger partial charge < -0.3 is 14.0 Å². The highest BCUT2D eigenvalue weighted by Gasteiger charge is 2.53. The molecule has 0 spiro atoms. The smallest absolute Gasteiger partial charge is 0.410 e. The van der Waals surface area contributed by atoms with Gasteiger partial charge in [-0.3, -0.25) is 4.90 Å². The van der Waals surface area contributed by atoms with Gasteiger partial charge in [0.15, 0.2) is 0 Å². The zero-order valence-corrected chi connectivity index (χ0v) is 19.4. The number of allylic oxidation sites excluding steroid dienone is 1. The second kappa shape index (κ2) is 8.43. The number of methoxy groups -OCH3 is 1. The third-order valence-electron chi connectivity index (χ3n) is 7.00. The molecule has 0 bridgehead atoms. The van der Waals surface area contributed by atoms with Crippen LogP contribution in [0.25, 0.3) is 0 Å². The van der Waals surface area contributed by atoms with Gasteiger partial charge in [0.2, 0.25) is 8.32 Å². The Labute approximate surface area is 171 Å². The van der Waals surface area contributed by atoms with Crippen LogP contribution < -0.4 is 0 Å². The van der Waals surface area contributed by atoms with E-state index in [0.717, 1.165) is 44.1 Å². The predicted molar refractivity (Wildman–Crippen MR) is 115 cm³/mol. The van der Waals surface area contributed by atoms with E-state index in [1.165, 1.54) is 7.11 Å². The van der Waals surface area contributed by atoms with E-state index in [1.54, 1.807) is 11.0 Å². The van der Waals surface area contributed by atoms with Crippen molar-refractivity contribution in [2.24, 2.45) is 11.3 Å². The maximum absolute atomic E-state index is 12.6. The molecule has 1 fully saturated rings. The summed E-state index contributed by atoms with van der Waals surface area (Å²) in [6, 6.07) is -0.366. The summed E-state index contributed by atoms with van der Waals surface area (Å²) < 4.78 is 11.7. The first-order valence-electron chi connectivity index (χ1n) is 10.3. The average molecular weight is 408 g/mol. The predicted octanol–water partition coefficient (Wildman–Crippen LogP) is 5.29. The number of aldehydes is 1. The van der Waals surface area contributed by atoms with E-state index >= 15 is 0 Å². The fourth-order valence-electron chi connectivity index (χ4n) is 4.34. The van der Waals surface area contributed by atoms with Crippen molar-refractivity contribution in [2.45, 2.75) is 77.0 Å². The molecule has 5 nitrogen and oxygen atoms in total. The first kappa shape index (κ1) is 22.7. The number of fused-ring (bicyclic) bond motifs is 1. The minimum Gasteiger partial charge on any atom is -0.547 e. The van der Waals surface area contributed by atoms with Crippen molar-refractivity contribution in [3.05, 3.63) is 24.5 Å². The molecule has 0 saturated heterocycles. The van der Waals surface area contributed by atoms with Gasteiger partial charge in [0.25, 0.3) is 0 Å². The molecule has 0 N–H and O–H groups in total. The van der Waals surface area contributed by atoms with Crippen LogP contribution in [0.15, 0.2) is 24.5 Å². The van der Waals surface area contributed by atoms with E-state index in [-0.39, 0.29) is 17.0 Å². The van der Waals surface area contributed by atoms with Crippen molar-refractivity contribution in [3.63, 3.8) is 0 Å². The summed E-state index contributed by atoms with van der Waals surface area (Å²) in [5.74, 6) is 1.12. The van der Waals surface area contributed by atoms with Crippen LogP contribution in [0.3, 0.4) is 0 Å². The van der Waals surface area contributed by atoms with E-state index in [1.807, 2.05) is 6.08 Å². The van der Waals surface area contributed by atoms with E-state index < -0.39 is 19.8 Å². The number of hydrogen-bond donors (Lipinski definition) is 0. The maximum Gasteiger partial charge on any atom is 0.410 e. The second-order valence-corrected chi connectivity index (χ2v) is 14.5. The van der Waals surface area contributed by atoms with Gasteiger partial charge in [-0.15, -0.1) is 6.58 Å². The highest BCUT2D eigenvalue weighted by Crippen LogP contribution is 2.51. The molecule has 158 valence electrons. The molecule has 6 heteroatoms. The van der Waals surface area contributed by atoms with Gasteiger partial charge >= 0.3 is 6.09 Å². The van der Waals surface area contributed by atoms with Crippen molar-refractivity contribution in [3.8, 4) is 0 Å². The van der Waals surface area contributed by atoms with Crippen LogP contribution in [-0.2, 0) is 14.0 Å². The van der Waals surface area contributed by atoms with Gasteiger partial charge in [-0.25, -0.2) is 4.79 Å². The maximum atomic E-state index is 12.6. The highest BCUT2D eigenvalue weighted by molar-refractivity contribution is 6.74. The van der Waals surface area contributed by atoms with Crippen LogP contribution in [0.1, 0.15) is 52.9 Å². The number of amides is 1. The molecule has 1 saturated carbocycles. The molecule has 0 heterocycles. The molecular weight excluding hydrogens is 370 g/mol. The largest absolute Gasteiger partial charge is 0.547 e. The van der Waals surface area contributed by atoms with Crippen LogP contribution in [-0.4, -0.2) is 45.3 Å². The molecule has 28 heavy (non-hydrogen) atoms. The van der Waals surface area contributed by atoms with Crippen molar-refractivity contribution in [1.82, 2.24) is 4.90 Å². The SMILES string of the molecule is C=CCN(C(=O)OC)[C@H]1C=C(O[Si](C)(C)C(C)(C)C)C[C@@H]2CCCC[C@@]21C=O. The Bertz CT molecular complexity index is 637. The summed E-state index contributed by atoms with van der Waals surface area (Å²) in [5, 5.41) is 0.0816. The lowest BCUT2D eigenvalue weighted by atomic mass is 9.59. The number of carbonyl (C=O) groups is 2. The summed E-state index contributed by atoms with van der Waals surface area (Å²) in [5.41, 5.74) is -0.574. The average Bonchev–Trinajstić information content (AvgIpc) is 2.63. The zero-order chi connectivity index (χ0) is 21.2. The van der Waals surface area contributed by atoms with E-state index in [0.29, 0.717) is 6.54 Å². The fraction of sp³-hybridized carbons (Fsp3) is 0.727. The van der Waals surface area contributed by atoms with Gasteiger partial charge in [-0.2, -0.15) is 0 Å². The molecule has 2 rings (SSSR count). The first-order chi connectivity index (χ1) is 13.0. The van der Waals surface area contributed by atoms with Gasteiger partial charge in [0.1, 0.15) is 6.29 Å². The van der Waals surface area contributed by atoms with Crippen molar-refractivity contribution in [2.75, 3.05) is 13.7 Å². The van der Waals surface area contributed by atoms with E-state index in [4.69, 9.17) is 9.16 Å². The van der Waals surface area contributed by atoms with Gasteiger partial charge in [-0.05, 0) is 43.0 Å². The minimum atomic E-state index is -2.01. The Hall–Kier alpha value is -1.56. The monoisotopic (exact) mass is 407 g/mol. The molecule has 0 radical (unpaired) electrons. The lowest BCUT2D eigenvalue weighted by molar-refractivity contribution is -0.126. The Balaban J connectivity index is 2.51. The second-order valence-electron chi connectivity index (χ2n) is 9.73. The highest BCUT2D eigenvalue weighted by atomic mass is 28.4. The van der Waals surface area contributed by atoms with E-state index in [2.05, 4.69) is 40.4 Å². The summed E-state index contributed by atoms with van der Waals surface area (Å²) in [6.07, 6.45) is 9.03. The lowest BCUT2D eigenvalue weighted by Gasteiger charge is -2.51. The normalized spacial score (nSPS) is 27.9.